The number of hydrogen-bond acceptors (Lipinski definition) is 3. The molecule has 0 aliphatic heterocycles. The summed E-state index contributed by atoms with van der Waals surface area (Å²) < 4.78 is 13.9. The van der Waals surface area contributed by atoms with Crippen LogP contribution in [0, 0.1) is 12.7 Å². The van der Waals surface area contributed by atoms with Crippen molar-refractivity contribution in [1.29, 1.82) is 0 Å². The van der Waals surface area contributed by atoms with Gasteiger partial charge < -0.3 is 10.5 Å². The molecule has 122 valence electrons. The smallest absolute Gasteiger partial charge is 0.287 e. The Bertz CT molecular complexity index is 944. The highest BCUT2D eigenvalue weighted by Gasteiger charge is 2.23. The van der Waals surface area contributed by atoms with E-state index in [2.05, 4.69) is 5.32 Å². The van der Waals surface area contributed by atoms with Crippen molar-refractivity contribution in [2.45, 2.75) is 6.92 Å². The molecule has 2 N–H and O–H groups in total. The lowest BCUT2D eigenvalue weighted by molar-refractivity contribution is 0.101. The second-order valence-corrected chi connectivity index (χ2v) is 5.16. The number of carbonyl (C=O) groups is 1. The molecule has 6 nitrogen and oxygen atoms in total. The van der Waals surface area contributed by atoms with Crippen molar-refractivity contribution in [2.24, 2.45) is 0 Å². The molecule has 0 aliphatic carbocycles. The molecule has 1 aromatic heterocycles. The quantitative estimate of drug-likeness (QED) is 0.726. The summed E-state index contributed by atoms with van der Waals surface area (Å²) in [4.78, 5) is 25.6. The zero-order valence-electron chi connectivity index (χ0n) is 12.7. The van der Waals surface area contributed by atoms with Crippen molar-refractivity contribution in [3.05, 3.63) is 82.0 Å². The summed E-state index contributed by atoms with van der Waals surface area (Å²) in [5.41, 5.74) is 0.0287. The van der Waals surface area contributed by atoms with Crippen LogP contribution in [0.3, 0.4) is 0 Å². The third kappa shape index (κ3) is 2.67. The molecule has 3 aromatic rings. The van der Waals surface area contributed by atoms with Gasteiger partial charge in [-0.25, -0.2) is 4.39 Å². The molecule has 0 bridgehead atoms. The molecule has 0 spiro atoms. The van der Waals surface area contributed by atoms with E-state index < -0.39 is 17.3 Å². The van der Waals surface area contributed by atoms with E-state index in [4.69, 9.17) is 0 Å². The normalized spacial score (nSPS) is 10.6. The van der Waals surface area contributed by atoms with E-state index in [9.17, 15) is 19.2 Å². The summed E-state index contributed by atoms with van der Waals surface area (Å²) in [6.07, 6.45) is 0. The molecule has 0 atom stereocenters. The SMILES string of the molecule is Cc1c(C(=O)Nc2ccc(F)cc2)c(=O)n(-c2ccccc2)n1O. The molecule has 3 rings (SSSR count). The molecule has 0 unspecified atom stereocenters. The highest BCUT2D eigenvalue weighted by Crippen LogP contribution is 2.13. The zero-order valence-corrected chi connectivity index (χ0v) is 12.7. The van der Waals surface area contributed by atoms with E-state index in [0.717, 1.165) is 4.68 Å². The van der Waals surface area contributed by atoms with Crippen molar-refractivity contribution in [2.75, 3.05) is 5.32 Å². The fraction of sp³-hybridized carbons (Fsp3) is 0.0588. The van der Waals surface area contributed by atoms with Gasteiger partial charge in [-0.05, 0) is 43.3 Å². The minimum Gasteiger partial charge on any atom is -0.412 e. The summed E-state index contributed by atoms with van der Waals surface area (Å²) in [7, 11) is 0. The molecule has 0 radical (unpaired) electrons. The number of amides is 1. The highest BCUT2D eigenvalue weighted by atomic mass is 19.1. The molecule has 7 heteroatoms. The Kier molecular flexibility index (Phi) is 3.91. The molecular weight excluding hydrogens is 313 g/mol. The molecule has 1 amide bonds. The fourth-order valence-corrected chi connectivity index (χ4v) is 2.38. The third-order valence-corrected chi connectivity index (χ3v) is 3.59. The number of rotatable bonds is 3. The Hall–Kier alpha value is -3.35. The molecule has 24 heavy (non-hydrogen) atoms. The zero-order chi connectivity index (χ0) is 17.3. The van der Waals surface area contributed by atoms with Gasteiger partial charge in [-0.3, -0.25) is 9.59 Å². The number of para-hydroxylation sites is 1. The number of hydrogen-bond donors (Lipinski definition) is 2. The van der Waals surface area contributed by atoms with Crippen LogP contribution in [0.4, 0.5) is 10.1 Å². The largest absolute Gasteiger partial charge is 0.412 e. The van der Waals surface area contributed by atoms with Crippen molar-refractivity contribution in [1.82, 2.24) is 9.53 Å². The van der Waals surface area contributed by atoms with E-state index in [1.807, 2.05) is 0 Å². The van der Waals surface area contributed by atoms with Crippen LogP contribution in [0.25, 0.3) is 5.69 Å². The van der Waals surface area contributed by atoms with Crippen molar-refractivity contribution in [3.8, 4) is 5.69 Å². The molecule has 0 saturated heterocycles. The minimum absolute atomic E-state index is 0.100. The first-order valence-corrected chi connectivity index (χ1v) is 7.15. The summed E-state index contributed by atoms with van der Waals surface area (Å²) in [6, 6.07) is 13.6. The van der Waals surface area contributed by atoms with Gasteiger partial charge in [0.25, 0.3) is 11.5 Å². The topological polar surface area (TPSA) is 76.3 Å². The van der Waals surface area contributed by atoms with Crippen LogP contribution in [0.15, 0.2) is 59.4 Å². The van der Waals surface area contributed by atoms with Crippen LogP contribution < -0.4 is 10.9 Å². The van der Waals surface area contributed by atoms with Crippen molar-refractivity contribution >= 4 is 11.6 Å². The van der Waals surface area contributed by atoms with Gasteiger partial charge in [-0.1, -0.05) is 18.2 Å². The van der Waals surface area contributed by atoms with Gasteiger partial charge in [0.1, 0.15) is 11.4 Å². The number of nitrogens with zero attached hydrogens (tertiary/aromatic N) is 2. The fourth-order valence-electron chi connectivity index (χ4n) is 2.38. The Labute approximate surface area is 136 Å². The van der Waals surface area contributed by atoms with E-state index in [-0.39, 0.29) is 11.3 Å². The Balaban J connectivity index is 2.01. The van der Waals surface area contributed by atoms with Crippen LogP contribution in [-0.4, -0.2) is 20.6 Å². The Morgan fingerprint density at radius 1 is 1.08 bits per heavy atom. The lowest BCUT2D eigenvalue weighted by atomic mass is 10.2. The summed E-state index contributed by atoms with van der Waals surface area (Å²) >= 11 is 0. The van der Waals surface area contributed by atoms with E-state index in [1.54, 1.807) is 30.3 Å². The second kappa shape index (κ2) is 6.04. The number of carbonyl (C=O) groups excluding carboxylic acids is 1. The highest BCUT2D eigenvalue weighted by molar-refractivity contribution is 6.04. The maximum atomic E-state index is 12.9. The monoisotopic (exact) mass is 327 g/mol. The average Bonchev–Trinajstić information content (AvgIpc) is 2.80. The summed E-state index contributed by atoms with van der Waals surface area (Å²) in [6.45, 7) is 1.46. The number of aromatic nitrogens is 2. The van der Waals surface area contributed by atoms with Crippen molar-refractivity contribution in [3.63, 3.8) is 0 Å². The summed E-state index contributed by atoms with van der Waals surface area (Å²) in [5, 5.41) is 12.7. The molecule has 0 saturated carbocycles. The number of anilines is 1. The van der Waals surface area contributed by atoms with Gasteiger partial charge in [0.15, 0.2) is 0 Å². The second-order valence-electron chi connectivity index (χ2n) is 5.16. The van der Waals surface area contributed by atoms with Gasteiger partial charge in [-0.15, -0.1) is 4.85 Å². The number of halogens is 1. The number of benzene rings is 2. The van der Waals surface area contributed by atoms with Gasteiger partial charge in [0.05, 0.1) is 11.4 Å². The van der Waals surface area contributed by atoms with E-state index in [1.165, 1.54) is 31.2 Å². The predicted molar refractivity (Wildman–Crippen MR) is 86.3 cm³/mol. The van der Waals surface area contributed by atoms with Crippen LogP contribution in [0.5, 0.6) is 0 Å². The first-order chi connectivity index (χ1) is 11.5. The molecule has 2 aromatic carbocycles. The van der Waals surface area contributed by atoms with Gasteiger partial charge in [0.2, 0.25) is 0 Å². The van der Waals surface area contributed by atoms with Gasteiger partial charge in [0, 0.05) is 5.69 Å². The first-order valence-electron chi connectivity index (χ1n) is 7.15. The van der Waals surface area contributed by atoms with Crippen LogP contribution >= 0.6 is 0 Å². The maximum Gasteiger partial charge on any atom is 0.287 e. The van der Waals surface area contributed by atoms with Gasteiger partial charge >= 0.3 is 0 Å². The molecular formula is C17H14FN3O3. The predicted octanol–water partition coefficient (Wildman–Crippen LogP) is 2.58. The molecule has 0 fully saturated rings. The van der Waals surface area contributed by atoms with E-state index >= 15 is 0 Å². The standard InChI is InChI=1S/C17H14FN3O3/c1-11-15(16(22)19-13-9-7-12(18)8-10-13)17(23)20(21(11)24)14-5-3-2-4-6-14/h2-10,24H,1H3,(H,19,22). The van der Waals surface area contributed by atoms with Crippen LogP contribution in [0.2, 0.25) is 0 Å². The lowest BCUT2D eigenvalue weighted by Gasteiger charge is -2.05. The lowest BCUT2D eigenvalue weighted by Crippen LogP contribution is -2.25. The average molecular weight is 327 g/mol. The minimum atomic E-state index is -0.679. The van der Waals surface area contributed by atoms with Crippen molar-refractivity contribution < 1.29 is 14.4 Å². The summed E-state index contributed by atoms with van der Waals surface area (Å²) in [5.74, 6) is -1.11. The number of nitrogens with one attached hydrogen (secondary N) is 1. The molecule has 1 heterocycles. The van der Waals surface area contributed by atoms with Crippen LogP contribution in [0.1, 0.15) is 16.1 Å². The maximum absolute atomic E-state index is 12.9. The molecule has 0 aliphatic rings. The Morgan fingerprint density at radius 3 is 2.33 bits per heavy atom. The van der Waals surface area contributed by atoms with Gasteiger partial charge in [-0.2, -0.15) is 4.68 Å². The van der Waals surface area contributed by atoms with Crippen LogP contribution in [-0.2, 0) is 0 Å². The Morgan fingerprint density at radius 2 is 1.71 bits per heavy atom. The van der Waals surface area contributed by atoms with E-state index in [0.29, 0.717) is 16.2 Å². The third-order valence-electron chi connectivity index (χ3n) is 3.59. The first kappa shape index (κ1) is 15.5.